The fourth-order valence-corrected chi connectivity index (χ4v) is 5.14. The van der Waals surface area contributed by atoms with Crippen molar-refractivity contribution < 1.29 is 25.2 Å². The van der Waals surface area contributed by atoms with Gasteiger partial charge >= 0.3 is 20.2 Å². The molecule has 0 unspecified atom stereocenters. The average Bonchev–Trinajstić information content (AvgIpc) is 2.85. The Kier molecular flexibility index (Phi) is 7.00. The van der Waals surface area contributed by atoms with E-state index in [1.807, 2.05) is 0 Å². The van der Waals surface area contributed by atoms with Gasteiger partial charge in [-0.15, -0.1) is 0 Å². The van der Waals surface area contributed by atoms with Crippen LogP contribution in [0.25, 0.3) is 12.2 Å². The lowest BCUT2D eigenvalue weighted by Crippen LogP contribution is -2.11. The van der Waals surface area contributed by atoms with E-state index in [-0.39, 0.29) is 21.3 Å². The smallest absolute Gasteiger partial charge is 0.339 e. The van der Waals surface area contributed by atoms with E-state index in [1.54, 1.807) is 72.8 Å². The minimum Gasteiger partial charge on any atom is -0.399 e. The Balaban J connectivity index is 1.67. The Morgan fingerprint density at radius 3 is 1.25 bits per heavy atom. The molecule has 0 aliphatic rings. The van der Waals surface area contributed by atoms with Gasteiger partial charge in [0.25, 0.3) is 0 Å². The predicted octanol–water partition coefficient (Wildman–Crippen LogP) is 4.56. The molecular weight excluding hydrogens is 500 g/mol. The normalized spacial score (nSPS) is 11.9. The zero-order chi connectivity index (χ0) is 25.8. The van der Waals surface area contributed by atoms with Crippen LogP contribution in [-0.4, -0.2) is 16.8 Å². The molecule has 0 aliphatic heterocycles. The number of hydrogen-bond acceptors (Lipinski definition) is 8. The fraction of sp³-hybridized carbons (Fsp3) is 0. The standard InChI is InChI=1S/C26H22N2O6S2/c27-21-15-13-19(25(17-21)33-35(29,30)23-7-3-1-4-8-23)11-12-20-14-16-22(28)18-26(20)34-36(31,32)24-9-5-2-6-10-24/h1-18H,27-28H2/b12-11+. The average molecular weight is 523 g/mol. The summed E-state index contributed by atoms with van der Waals surface area (Å²) in [5.41, 5.74) is 13.1. The Labute approximate surface area is 209 Å². The number of benzene rings is 4. The van der Waals surface area contributed by atoms with Crippen LogP contribution >= 0.6 is 0 Å². The topological polar surface area (TPSA) is 139 Å². The molecule has 0 aromatic heterocycles. The van der Waals surface area contributed by atoms with Crippen molar-refractivity contribution in [1.82, 2.24) is 0 Å². The molecule has 36 heavy (non-hydrogen) atoms. The number of nitrogens with two attached hydrogens (primary N) is 2. The zero-order valence-electron chi connectivity index (χ0n) is 18.8. The summed E-state index contributed by atoms with van der Waals surface area (Å²) in [6.07, 6.45) is 3.12. The van der Waals surface area contributed by atoms with Crippen LogP contribution in [0.4, 0.5) is 11.4 Å². The molecule has 0 saturated carbocycles. The van der Waals surface area contributed by atoms with E-state index in [2.05, 4.69) is 0 Å². The molecule has 0 amide bonds. The molecule has 0 radical (unpaired) electrons. The van der Waals surface area contributed by atoms with Gasteiger partial charge < -0.3 is 19.8 Å². The highest BCUT2D eigenvalue weighted by Crippen LogP contribution is 2.31. The monoisotopic (exact) mass is 522 g/mol. The van der Waals surface area contributed by atoms with Crippen molar-refractivity contribution in [3.8, 4) is 11.5 Å². The Morgan fingerprint density at radius 1 is 0.528 bits per heavy atom. The molecule has 0 heterocycles. The quantitative estimate of drug-likeness (QED) is 0.195. The predicted molar refractivity (Wildman–Crippen MR) is 139 cm³/mol. The van der Waals surface area contributed by atoms with E-state index >= 15 is 0 Å². The summed E-state index contributed by atoms with van der Waals surface area (Å²) in [4.78, 5) is -0.0228. The van der Waals surface area contributed by atoms with Crippen molar-refractivity contribution in [2.24, 2.45) is 0 Å². The van der Waals surface area contributed by atoms with Crippen LogP contribution in [0.2, 0.25) is 0 Å². The van der Waals surface area contributed by atoms with Gasteiger partial charge in [-0.1, -0.05) is 48.6 Å². The van der Waals surface area contributed by atoms with Gasteiger partial charge in [0.1, 0.15) is 9.79 Å². The molecule has 0 fully saturated rings. The summed E-state index contributed by atoms with van der Waals surface area (Å²) in [6.45, 7) is 0. The molecule has 0 atom stereocenters. The first-order valence-electron chi connectivity index (χ1n) is 10.6. The molecule has 4 aromatic rings. The highest BCUT2D eigenvalue weighted by molar-refractivity contribution is 7.87. The molecule has 184 valence electrons. The number of nitrogen functional groups attached to an aromatic ring is 2. The van der Waals surface area contributed by atoms with Crippen molar-refractivity contribution >= 4 is 43.8 Å². The van der Waals surface area contributed by atoms with Crippen LogP contribution < -0.4 is 19.8 Å². The summed E-state index contributed by atoms with van der Waals surface area (Å²) >= 11 is 0. The Hall–Kier alpha value is -4.28. The van der Waals surface area contributed by atoms with Gasteiger partial charge in [0, 0.05) is 34.6 Å². The highest BCUT2D eigenvalue weighted by Gasteiger charge is 2.19. The Morgan fingerprint density at radius 2 is 0.889 bits per heavy atom. The largest absolute Gasteiger partial charge is 0.399 e. The van der Waals surface area contributed by atoms with Crippen LogP contribution in [0.1, 0.15) is 11.1 Å². The summed E-state index contributed by atoms with van der Waals surface area (Å²) in [5, 5.41) is 0. The van der Waals surface area contributed by atoms with E-state index in [4.69, 9.17) is 19.8 Å². The van der Waals surface area contributed by atoms with E-state index in [1.165, 1.54) is 36.4 Å². The molecule has 0 spiro atoms. The molecule has 4 N–H and O–H groups in total. The zero-order valence-corrected chi connectivity index (χ0v) is 20.4. The van der Waals surface area contributed by atoms with Crippen molar-refractivity contribution in [1.29, 1.82) is 0 Å². The van der Waals surface area contributed by atoms with Crippen molar-refractivity contribution in [3.63, 3.8) is 0 Å². The van der Waals surface area contributed by atoms with Gasteiger partial charge in [-0.25, -0.2) is 0 Å². The van der Waals surface area contributed by atoms with Gasteiger partial charge in [-0.3, -0.25) is 0 Å². The first kappa shape index (κ1) is 24.8. The Bertz CT molecular complexity index is 1500. The van der Waals surface area contributed by atoms with Crippen molar-refractivity contribution in [2.75, 3.05) is 11.5 Å². The maximum atomic E-state index is 12.7. The minimum atomic E-state index is -4.11. The molecule has 4 rings (SSSR count). The van der Waals surface area contributed by atoms with Gasteiger partial charge in [0.2, 0.25) is 0 Å². The molecule has 8 nitrogen and oxygen atoms in total. The summed E-state index contributed by atoms with van der Waals surface area (Å²) in [5.74, 6) is 0.00912. The first-order chi connectivity index (χ1) is 17.1. The molecule has 0 saturated heterocycles. The molecule has 4 aromatic carbocycles. The van der Waals surface area contributed by atoms with Gasteiger partial charge in [0.05, 0.1) is 0 Å². The van der Waals surface area contributed by atoms with Crippen LogP contribution in [-0.2, 0) is 20.2 Å². The maximum absolute atomic E-state index is 12.7. The van der Waals surface area contributed by atoms with Crippen LogP contribution in [0.5, 0.6) is 11.5 Å². The second-order valence-electron chi connectivity index (χ2n) is 7.63. The number of rotatable bonds is 8. The van der Waals surface area contributed by atoms with Crippen LogP contribution in [0.3, 0.4) is 0 Å². The van der Waals surface area contributed by atoms with E-state index < -0.39 is 20.2 Å². The van der Waals surface area contributed by atoms with Crippen molar-refractivity contribution in [3.05, 3.63) is 108 Å². The maximum Gasteiger partial charge on any atom is 0.339 e. The third-order valence-electron chi connectivity index (χ3n) is 4.98. The number of hydrogen-bond donors (Lipinski definition) is 2. The summed E-state index contributed by atoms with van der Waals surface area (Å²) in [7, 11) is -8.23. The van der Waals surface area contributed by atoms with Gasteiger partial charge in [-0.2, -0.15) is 16.8 Å². The first-order valence-corrected chi connectivity index (χ1v) is 13.4. The highest BCUT2D eigenvalue weighted by atomic mass is 32.2. The second-order valence-corrected chi connectivity index (χ2v) is 10.7. The lowest BCUT2D eigenvalue weighted by molar-refractivity contribution is 0.483. The lowest BCUT2D eigenvalue weighted by atomic mass is 10.1. The van der Waals surface area contributed by atoms with Gasteiger partial charge in [-0.05, 0) is 48.5 Å². The van der Waals surface area contributed by atoms with Crippen molar-refractivity contribution in [2.45, 2.75) is 9.79 Å². The second kappa shape index (κ2) is 10.1. The van der Waals surface area contributed by atoms with Crippen LogP contribution in [0.15, 0.2) is 107 Å². The summed E-state index contributed by atoms with van der Waals surface area (Å²) < 4.78 is 61.7. The summed E-state index contributed by atoms with van der Waals surface area (Å²) in [6, 6.07) is 24.5. The van der Waals surface area contributed by atoms with E-state index in [9.17, 15) is 16.8 Å². The SMILES string of the molecule is Nc1ccc(/C=C/c2ccc(N)cc2OS(=O)(=O)c2ccccc2)c(OS(=O)(=O)c2ccccc2)c1. The molecule has 10 heteroatoms. The van der Waals surface area contributed by atoms with E-state index in [0.29, 0.717) is 22.5 Å². The van der Waals surface area contributed by atoms with Crippen LogP contribution in [0, 0.1) is 0 Å². The fourth-order valence-electron chi connectivity index (χ4n) is 3.21. The third kappa shape index (κ3) is 5.85. The minimum absolute atomic E-state index is 0.00456. The number of anilines is 2. The van der Waals surface area contributed by atoms with Gasteiger partial charge in [0.15, 0.2) is 11.5 Å². The molecule has 0 aliphatic carbocycles. The third-order valence-corrected chi connectivity index (χ3v) is 7.48. The lowest BCUT2D eigenvalue weighted by Gasteiger charge is -2.12. The van der Waals surface area contributed by atoms with E-state index in [0.717, 1.165) is 0 Å². The molecule has 0 bridgehead atoms. The molecular formula is C26H22N2O6S2.